The third-order valence-electron chi connectivity index (χ3n) is 2.58. The first-order valence-electron chi connectivity index (χ1n) is 5.73. The van der Waals surface area contributed by atoms with Crippen LogP contribution in [0.5, 0.6) is 0 Å². The highest BCUT2D eigenvalue weighted by Gasteiger charge is 2.11. The summed E-state index contributed by atoms with van der Waals surface area (Å²) in [5, 5.41) is 1.92. The standard InChI is InChI=1S/C13H14BrClN2S/c1-2-17-7-12(14)16-13(8-17)18-9-10-3-5-11(15)6-4-10/h3-7H,2,8-9H2,1H3. The van der Waals surface area contributed by atoms with E-state index >= 15 is 0 Å². The van der Waals surface area contributed by atoms with Gasteiger partial charge < -0.3 is 4.90 Å². The van der Waals surface area contributed by atoms with Crippen LogP contribution in [0.2, 0.25) is 5.02 Å². The zero-order chi connectivity index (χ0) is 13.0. The minimum atomic E-state index is 0.779. The van der Waals surface area contributed by atoms with Gasteiger partial charge in [-0.3, -0.25) is 0 Å². The number of halogens is 2. The molecule has 2 rings (SSSR count). The number of benzene rings is 1. The summed E-state index contributed by atoms with van der Waals surface area (Å²) in [5.41, 5.74) is 1.26. The summed E-state index contributed by atoms with van der Waals surface area (Å²) >= 11 is 11.1. The summed E-state index contributed by atoms with van der Waals surface area (Å²) in [6.07, 6.45) is 2.03. The number of aliphatic imine (C=N–C) groups is 1. The number of thioether (sulfide) groups is 1. The maximum atomic E-state index is 5.87. The number of hydrogen-bond donors (Lipinski definition) is 0. The Morgan fingerprint density at radius 3 is 2.78 bits per heavy atom. The second kappa shape index (κ2) is 6.64. The summed E-state index contributed by atoms with van der Waals surface area (Å²) in [5.74, 6) is 0.924. The molecule has 0 atom stereocenters. The van der Waals surface area contributed by atoms with Crippen molar-refractivity contribution in [2.45, 2.75) is 12.7 Å². The maximum absolute atomic E-state index is 5.87. The Morgan fingerprint density at radius 2 is 2.11 bits per heavy atom. The average molecular weight is 346 g/mol. The predicted octanol–water partition coefficient (Wildman–Crippen LogP) is 4.50. The van der Waals surface area contributed by atoms with Crippen LogP contribution < -0.4 is 0 Å². The zero-order valence-electron chi connectivity index (χ0n) is 10.1. The lowest BCUT2D eigenvalue weighted by molar-refractivity contribution is 0.447. The van der Waals surface area contributed by atoms with Crippen LogP contribution in [-0.4, -0.2) is 23.0 Å². The summed E-state index contributed by atoms with van der Waals surface area (Å²) in [7, 11) is 0. The van der Waals surface area contributed by atoms with Crippen LogP contribution in [0, 0.1) is 0 Å². The van der Waals surface area contributed by atoms with E-state index < -0.39 is 0 Å². The monoisotopic (exact) mass is 344 g/mol. The Balaban J connectivity index is 1.94. The summed E-state index contributed by atoms with van der Waals surface area (Å²) in [4.78, 5) is 6.74. The number of rotatable bonds is 3. The quantitative estimate of drug-likeness (QED) is 0.750. The minimum absolute atomic E-state index is 0.779. The lowest BCUT2D eigenvalue weighted by Crippen LogP contribution is -2.26. The molecular formula is C13H14BrClN2S. The molecule has 1 aliphatic rings. The highest BCUT2D eigenvalue weighted by atomic mass is 79.9. The zero-order valence-corrected chi connectivity index (χ0v) is 13.2. The van der Waals surface area contributed by atoms with E-state index in [0.717, 1.165) is 33.5 Å². The van der Waals surface area contributed by atoms with Crippen LogP contribution in [0.4, 0.5) is 0 Å². The van der Waals surface area contributed by atoms with Crippen LogP contribution in [0.1, 0.15) is 12.5 Å². The van der Waals surface area contributed by atoms with Crippen molar-refractivity contribution in [2.75, 3.05) is 13.1 Å². The number of hydrogen-bond acceptors (Lipinski definition) is 3. The van der Waals surface area contributed by atoms with Crippen molar-refractivity contribution in [1.29, 1.82) is 0 Å². The fourth-order valence-corrected chi connectivity index (χ4v) is 3.27. The molecule has 0 spiro atoms. The lowest BCUT2D eigenvalue weighted by atomic mass is 10.2. The van der Waals surface area contributed by atoms with Gasteiger partial charge in [-0.05, 0) is 40.5 Å². The Bertz CT molecular complexity index is 470. The van der Waals surface area contributed by atoms with Crippen molar-refractivity contribution in [3.8, 4) is 0 Å². The number of nitrogens with zero attached hydrogens (tertiary/aromatic N) is 2. The average Bonchev–Trinajstić information content (AvgIpc) is 2.37. The molecule has 1 aliphatic heterocycles. The van der Waals surface area contributed by atoms with Gasteiger partial charge in [0.25, 0.3) is 0 Å². The normalized spacial score (nSPS) is 15.4. The van der Waals surface area contributed by atoms with Gasteiger partial charge in [0, 0.05) is 23.5 Å². The van der Waals surface area contributed by atoms with Crippen molar-refractivity contribution in [1.82, 2.24) is 4.90 Å². The van der Waals surface area contributed by atoms with Crippen LogP contribution >= 0.6 is 39.3 Å². The van der Waals surface area contributed by atoms with E-state index in [1.54, 1.807) is 11.8 Å². The second-order valence-corrected chi connectivity index (χ2v) is 6.23. The molecule has 96 valence electrons. The van der Waals surface area contributed by atoms with E-state index in [1.807, 2.05) is 18.3 Å². The lowest BCUT2D eigenvalue weighted by Gasteiger charge is -2.22. The first-order valence-corrected chi connectivity index (χ1v) is 7.89. The van der Waals surface area contributed by atoms with Gasteiger partial charge in [-0.1, -0.05) is 23.7 Å². The van der Waals surface area contributed by atoms with Gasteiger partial charge in [-0.25, -0.2) is 4.99 Å². The molecule has 0 amide bonds. The summed E-state index contributed by atoms with van der Waals surface area (Å²) < 4.78 is 0.897. The SMILES string of the molecule is CCN1C=C(Br)N=C(SCc2ccc(Cl)cc2)C1. The molecule has 18 heavy (non-hydrogen) atoms. The molecule has 5 heteroatoms. The molecule has 0 fully saturated rings. The van der Waals surface area contributed by atoms with Crippen molar-refractivity contribution >= 4 is 44.3 Å². The first-order chi connectivity index (χ1) is 8.67. The van der Waals surface area contributed by atoms with Crippen LogP contribution in [-0.2, 0) is 5.75 Å². The Kier molecular flexibility index (Phi) is 5.15. The largest absolute Gasteiger partial charge is 0.369 e. The highest BCUT2D eigenvalue weighted by molar-refractivity contribution is 9.11. The predicted molar refractivity (Wildman–Crippen MR) is 84.4 cm³/mol. The van der Waals surface area contributed by atoms with Gasteiger partial charge in [0.15, 0.2) is 0 Å². The molecular weight excluding hydrogens is 332 g/mol. The second-order valence-electron chi connectivity index (χ2n) is 3.94. The van der Waals surface area contributed by atoms with Crippen molar-refractivity contribution < 1.29 is 0 Å². The molecule has 0 bridgehead atoms. The minimum Gasteiger partial charge on any atom is -0.369 e. The smallest absolute Gasteiger partial charge is 0.122 e. The first kappa shape index (κ1) is 14.0. The van der Waals surface area contributed by atoms with Crippen LogP contribution in [0.3, 0.4) is 0 Å². The summed E-state index contributed by atoms with van der Waals surface area (Å²) in [6.45, 7) is 4.03. The van der Waals surface area contributed by atoms with Crippen molar-refractivity contribution in [3.05, 3.63) is 45.7 Å². The van der Waals surface area contributed by atoms with E-state index in [1.165, 1.54) is 5.56 Å². The molecule has 0 unspecified atom stereocenters. The van der Waals surface area contributed by atoms with E-state index in [4.69, 9.17) is 11.6 Å². The Morgan fingerprint density at radius 1 is 1.39 bits per heavy atom. The Hall–Kier alpha value is -0.450. The Labute approximate surface area is 125 Å². The van der Waals surface area contributed by atoms with E-state index in [-0.39, 0.29) is 0 Å². The van der Waals surface area contributed by atoms with Gasteiger partial charge in [-0.15, -0.1) is 11.8 Å². The molecule has 0 N–H and O–H groups in total. The van der Waals surface area contributed by atoms with E-state index in [0.29, 0.717) is 0 Å². The van der Waals surface area contributed by atoms with Gasteiger partial charge in [0.1, 0.15) is 4.61 Å². The molecule has 1 heterocycles. The van der Waals surface area contributed by atoms with Gasteiger partial charge in [-0.2, -0.15) is 0 Å². The molecule has 1 aromatic carbocycles. The van der Waals surface area contributed by atoms with E-state index in [2.05, 4.69) is 44.9 Å². The van der Waals surface area contributed by atoms with Gasteiger partial charge in [0.2, 0.25) is 0 Å². The fraction of sp³-hybridized carbons (Fsp3) is 0.308. The molecule has 2 nitrogen and oxygen atoms in total. The van der Waals surface area contributed by atoms with Crippen molar-refractivity contribution in [2.24, 2.45) is 4.99 Å². The topological polar surface area (TPSA) is 15.6 Å². The molecule has 0 radical (unpaired) electrons. The summed E-state index contributed by atoms with van der Waals surface area (Å²) in [6, 6.07) is 7.96. The highest BCUT2D eigenvalue weighted by Crippen LogP contribution is 2.22. The van der Waals surface area contributed by atoms with Crippen LogP contribution in [0.15, 0.2) is 40.1 Å². The molecule has 0 saturated carbocycles. The van der Waals surface area contributed by atoms with Crippen LogP contribution in [0.25, 0.3) is 0 Å². The molecule has 0 saturated heterocycles. The molecule has 0 aliphatic carbocycles. The molecule has 1 aromatic rings. The third-order valence-corrected chi connectivity index (χ3v) is 4.25. The van der Waals surface area contributed by atoms with E-state index in [9.17, 15) is 0 Å². The van der Waals surface area contributed by atoms with Crippen molar-refractivity contribution in [3.63, 3.8) is 0 Å². The maximum Gasteiger partial charge on any atom is 0.122 e. The third kappa shape index (κ3) is 4.04. The molecule has 0 aromatic heterocycles. The van der Waals surface area contributed by atoms with Gasteiger partial charge >= 0.3 is 0 Å². The fourth-order valence-electron chi connectivity index (χ4n) is 1.58. The van der Waals surface area contributed by atoms with Gasteiger partial charge in [0.05, 0.1) is 11.6 Å².